The van der Waals surface area contributed by atoms with Crippen LogP contribution in [-0.2, 0) is 0 Å². The molecule has 5 rings (SSSR count). The van der Waals surface area contributed by atoms with Gasteiger partial charge in [-0.3, -0.25) is 0 Å². The first-order valence-corrected chi connectivity index (χ1v) is 10.2. The molecule has 2 aromatic rings. The van der Waals surface area contributed by atoms with Gasteiger partial charge in [0.1, 0.15) is 16.8 Å². The van der Waals surface area contributed by atoms with Crippen LogP contribution in [0.25, 0.3) is 0 Å². The molecular formula is C21H23N3OS. The second kappa shape index (κ2) is 7.51. The number of unbranched alkanes of at least 4 members (excludes halogenated alkanes) is 1. The maximum absolute atomic E-state index is 9.68. The van der Waals surface area contributed by atoms with Crippen molar-refractivity contribution < 1.29 is 4.74 Å². The highest BCUT2D eigenvalue weighted by Gasteiger charge is 2.36. The lowest BCUT2D eigenvalue weighted by atomic mass is 9.84. The van der Waals surface area contributed by atoms with Crippen LogP contribution in [0.3, 0.4) is 0 Å². The van der Waals surface area contributed by atoms with Gasteiger partial charge >= 0.3 is 0 Å². The number of thiophene rings is 1. The molecule has 134 valence electrons. The fraction of sp³-hybridized carbons (Fsp3) is 0.429. The number of rotatable bonds is 6. The van der Waals surface area contributed by atoms with Crippen molar-refractivity contribution in [3.63, 3.8) is 0 Å². The summed E-state index contributed by atoms with van der Waals surface area (Å²) in [6.07, 6.45) is 6.39. The van der Waals surface area contributed by atoms with Crippen LogP contribution in [0.1, 0.15) is 55.2 Å². The van der Waals surface area contributed by atoms with Gasteiger partial charge in [0, 0.05) is 24.9 Å². The van der Waals surface area contributed by atoms with Crippen LogP contribution < -0.4 is 9.64 Å². The number of piperidine rings is 1. The number of anilines is 1. The van der Waals surface area contributed by atoms with Crippen molar-refractivity contribution in [3.05, 3.63) is 41.0 Å². The molecule has 1 aromatic heterocycles. The lowest BCUT2D eigenvalue weighted by Gasteiger charge is -2.39. The van der Waals surface area contributed by atoms with Crippen LogP contribution in [0.15, 0.2) is 29.3 Å². The summed E-state index contributed by atoms with van der Waals surface area (Å²) in [5.74, 6) is 1.44. The third kappa shape index (κ3) is 3.22. The van der Waals surface area contributed by atoms with Gasteiger partial charge in [-0.1, -0.05) is 24.7 Å². The first-order chi connectivity index (χ1) is 12.8. The maximum Gasteiger partial charge on any atom is 0.136 e. The Morgan fingerprint density at radius 3 is 2.77 bits per heavy atom. The first-order valence-electron chi connectivity index (χ1n) is 9.38. The zero-order chi connectivity index (χ0) is 17.9. The molecule has 3 aliphatic rings. The molecule has 1 fully saturated rings. The van der Waals surface area contributed by atoms with Crippen LogP contribution >= 0.6 is 11.3 Å². The minimum Gasteiger partial charge on any atom is -0.494 e. The standard InChI is InChI=1S/C21H23N3OS/c1-2-3-12-25-17-6-4-15(5-7-17)14-23-20-18(13-22)19-16-8-10-24(11-9-16)21(19)26-20/h4-7,14,16H,2-3,8-12H2,1H3. The topological polar surface area (TPSA) is 48.6 Å². The van der Waals surface area contributed by atoms with E-state index >= 15 is 0 Å². The zero-order valence-corrected chi connectivity index (χ0v) is 15.9. The summed E-state index contributed by atoms with van der Waals surface area (Å²) in [6, 6.07) is 10.4. The predicted molar refractivity (Wildman–Crippen MR) is 107 cm³/mol. The maximum atomic E-state index is 9.68. The first kappa shape index (κ1) is 17.1. The molecule has 0 spiro atoms. The van der Waals surface area contributed by atoms with E-state index in [4.69, 9.17) is 4.74 Å². The van der Waals surface area contributed by atoms with E-state index < -0.39 is 0 Å². The number of hydrogen-bond acceptors (Lipinski definition) is 5. The van der Waals surface area contributed by atoms with Gasteiger partial charge in [0.15, 0.2) is 0 Å². The van der Waals surface area contributed by atoms with E-state index in [0.29, 0.717) is 5.92 Å². The van der Waals surface area contributed by atoms with Crippen molar-refractivity contribution in [3.8, 4) is 11.8 Å². The summed E-state index contributed by atoms with van der Waals surface area (Å²) >= 11 is 1.67. The van der Waals surface area contributed by atoms with E-state index in [1.807, 2.05) is 30.5 Å². The van der Waals surface area contributed by atoms with Gasteiger partial charge in [0.2, 0.25) is 0 Å². The summed E-state index contributed by atoms with van der Waals surface area (Å²) in [7, 11) is 0. The van der Waals surface area contributed by atoms with E-state index in [-0.39, 0.29) is 0 Å². The molecule has 26 heavy (non-hydrogen) atoms. The minimum atomic E-state index is 0.546. The van der Waals surface area contributed by atoms with Crippen molar-refractivity contribution >= 4 is 27.6 Å². The highest BCUT2D eigenvalue weighted by molar-refractivity contribution is 7.20. The molecule has 0 saturated carbocycles. The van der Waals surface area contributed by atoms with Crippen molar-refractivity contribution in [1.82, 2.24) is 0 Å². The Kier molecular flexibility index (Phi) is 4.94. The zero-order valence-electron chi connectivity index (χ0n) is 15.1. The van der Waals surface area contributed by atoms with Gasteiger partial charge < -0.3 is 9.64 Å². The third-order valence-corrected chi connectivity index (χ3v) is 6.36. The largest absolute Gasteiger partial charge is 0.494 e. The van der Waals surface area contributed by atoms with E-state index in [1.165, 1.54) is 23.4 Å². The van der Waals surface area contributed by atoms with Crippen LogP contribution in [0.4, 0.5) is 10.0 Å². The lowest BCUT2D eigenvalue weighted by molar-refractivity contribution is 0.309. The molecule has 4 heterocycles. The Balaban J connectivity index is 1.53. The fourth-order valence-corrected chi connectivity index (χ4v) is 4.96. The Labute approximate surface area is 158 Å². The summed E-state index contributed by atoms with van der Waals surface area (Å²) in [4.78, 5) is 7.08. The van der Waals surface area contributed by atoms with Gasteiger partial charge in [-0.25, -0.2) is 4.99 Å². The quantitative estimate of drug-likeness (QED) is 0.519. The number of hydrogen-bond donors (Lipinski definition) is 0. The number of fused-ring (bicyclic) bond motifs is 2. The smallest absolute Gasteiger partial charge is 0.136 e. The number of benzene rings is 1. The van der Waals surface area contributed by atoms with Crippen LogP contribution in [0.5, 0.6) is 5.75 Å². The predicted octanol–water partition coefficient (Wildman–Crippen LogP) is 5.25. The van der Waals surface area contributed by atoms with E-state index in [0.717, 1.165) is 54.4 Å². The molecule has 2 bridgehead atoms. The molecule has 5 heteroatoms. The molecule has 0 amide bonds. The van der Waals surface area contributed by atoms with E-state index in [1.54, 1.807) is 11.3 Å². The second-order valence-electron chi connectivity index (χ2n) is 6.90. The molecule has 0 radical (unpaired) electrons. The molecular weight excluding hydrogens is 342 g/mol. The van der Waals surface area contributed by atoms with Gasteiger partial charge in [0.25, 0.3) is 0 Å². The summed E-state index contributed by atoms with van der Waals surface area (Å²) in [6.45, 7) is 5.15. The second-order valence-corrected chi connectivity index (χ2v) is 7.88. The van der Waals surface area contributed by atoms with Crippen molar-refractivity contribution in [2.45, 2.75) is 38.5 Å². The fourth-order valence-electron chi connectivity index (χ4n) is 3.72. The Morgan fingerprint density at radius 1 is 1.31 bits per heavy atom. The molecule has 3 aliphatic heterocycles. The van der Waals surface area contributed by atoms with Crippen LogP contribution in [0, 0.1) is 11.3 Å². The molecule has 1 saturated heterocycles. The molecule has 0 aliphatic carbocycles. The highest BCUT2D eigenvalue weighted by atomic mass is 32.1. The van der Waals surface area contributed by atoms with E-state index in [9.17, 15) is 5.26 Å². The van der Waals surface area contributed by atoms with Gasteiger partial charge in [-0.05, 0) is 55.0 Å². The number of ether oxygens (including phenoxy) is 1. The van der Waals surface area contributed by atoms with Gasteiger partial charge in [-0.2, -0.15) is 5.26 Å². The van der Waals surface area contributed by atoms with Crippen molar-refractivity contribution in [2.24, 2.45) is 4.99 Å². The Morgan fingerprint density at radius 2 is 2.08 bits per heavy atom. The molecule has 4 nitrogen and oxygen atoms in total. The number of aliphatic imine (C=N–C) groups is 1. The molecule has 0 N–H and O–H groups in total. The summed E-state index contributed by atoms with van der Waals surface area (Å²) < 4.78 is 5.70. The average Bonchev–Trinajstić information content (AvgIpc) is 3.09. The number of nitriles is 1. The van der Waals surface area contributed by atoms with Gasteiger partial charge in [-0.15, -0.1) is 0 Å². The SMILES string of the molecule is CCCCOc1ccc(C=Nc2sc3c(c2C#N)C2CCN3CC2)cc1. The molecule has 1 aromatic carbocycles. The third-order valence-electron chi connectivity index (χ3n) is 5.19. The average molecular weight is 366 g/mol. The van der Waals surface area contributed by atoms with Gasteiger partial charge in [0.05, 0.1) is 17.2 Å². The Hall–Kier alpha value is -2.32. The summed E-state index contributed by atoms with van der Waals surface area (Å²) in [5.41, 5.74) is 3.06. The highest BCUT2D eigenvalue weighted by Crippen LogP contribution is 2.52. The van der Waals surface area contributed by atoms with Crippen LogP contribution in [0.2, 0.25) is 0 Å². The monoisotopic (exact) mass is 365 g/mol. The summed E-state index contributed by atoms with van der Waals surface area (Å²) in [5, 5.41) is 11.8. The normalized spacial score (nSPS) is 16.1. The molecule has 0 atom stereocenters. The van der Waals surface area contributed by atoms with Crippen molar-refractivity contribution in [2.75, 3.05) is 24.6 Å². The van der Waals surface area contributed by atoms with Crippen LogP contribution in [-0.4, -0.2) is 25.9 Å². The lowest BCUT2D eigenvalue weighted by Crippen LogP contribution is -2.37. The van der Waals surface area contributed by atoms with E-state index in [2.05, 4.69) is 22.9 Å². The minimum absolute atomic E-state index is 0.546. The Bertz CT molecular complexity index is 839. The number of nitrogens with zero attached hydrogens (tertiary/aromatic N) is 3. The van der Waals surface area contributed by atoms with Crippen molar-refractivity contribution in [1.29, 1.82) is 5.26 Å². The molecule has 0 unspecified atom stereocenters.